The summed E-state index contributed by atoms with van der Waals surface area (Å²) in [7, 11) is -0.344. The zero-order valence-electron chi connectivity index (χ0n) is 15.4. The van der Waals surface area contributed by atoms with E-state index in [4.69, 9.17) is 16.0 Å². The number of anilines is 1. The minimum atomic E-state index is -0.622. The zero-order chi connectivity index (χ0) is 19.3. The summed E-state index contributed by atoms with van der Waals surface area (Å²) >= 11 is 0. The first-order valence-corrected chi connectivity index (χ1v) is 10.0. The normalized spacial score (nSPS) is 12.9. The Morgan fingerprint density at radius 3 is 2.62 bits per heavy atom. The molecule has 2 rings (SSSR count). The van der Waals surface area contributed by atoms with E-state index in [2.05, 4.69) is 52.7 Å². The smallest absolute Gasteiger partial charge is 0.222 e. The van der Waals surface area contributed by atoms with E-state index in [1.54, 1.807) is 4.57 Å². The summed E-state index contributed by atoms with van der Waals surface area (Å²) in [4.78, 5) is 14.9. The van der Waals surface area contributed by atoms with E-state index in [9.17, 15) is 4.39 Å². The second-order valence-electron chi connectivity index (χ2n) is 6.44. The summed E-state index contributed by atoms with van der Waals surface area (Å²) in [5, 5.41) is 3.48. The number of nitrogen functional groups attached to an aromatic ring is 1. The van der Waals surface area contributed by atoms with Gasteiger partial charge in [-0.15, -0.1) is 0 Å². The van der Waals surface area contributed by atoms with Crippen molar-refractivity contribution >= 4 is 30.9 Å². The summed E-state index contributed by atoms with van der Waals surface area (Å²) in [6.45, 7) is 8.28. The average Bonchev–Trinajstić information content (AvgIpc) is 2.96. The van der Waals surface area contributed by atoms with Crippen LogP contribution in [0.2, 0.25) is 0 Å². The second kappa shape index (κ2) is 9.07. The average molecular weight is 382 g/mol. The minimum Gasteiger partial charge on any atom is -0.369 e. The van der Waals surface area contributed by atoms with Gasteiger partial charge in [-0.2, -0.15) is 4.98 Å². The van der Waals surface area contributed by atoms with E-state index in [0.29, 0.717) is 28.8 Å². The van der Waals surface area contributed by atoms with Crippen LogP contribution in [0.5, 0.6) is 0 Å². The maximum absolute atomic E-state index is 13.5. The Balaban J connectivity index is 2.19. The van der Waals surface area contributed by atoms with Gasteiger partial charge in [0.25, 0.3) is 0 Å². The van der Waals surface area contributed by atoms with Crippen molar-refractivity contribution in [2.75, 3.05) is 18.8 Å². The fourth-order valence-corrected chi connectivity index (χ4v) is 4.81. The lowest BCUT2D eigenvalue weighted by Gasteiger charge is -2.27. The van der Waals surface area contributed by atoms with Gasteiger partial charge < -0.3 is 15.0 Å². The Morgan fingerprint density at radius 1 is 1.35 bits per heavy atom. The number of nitrogens with two attached hydrogens (primary N) is 1. The van der Waals surface area contributed by atoms with Gasteiger partial charge in [0.15, 0.2) is 11.5 Å². The number of hydrogen-bond donors (Lipinski definition) is 1. The van der Waals surface area contributed by atoms with Crippen molar-refractivity contribution in [3.63, 3.8) is 0 Å². The van der Waals surface area contributed by atoms with Gasteiger partial charge in [-0.3, -0.25) is 0 Å². The SMILES string of the molecule is CC(C)P(COC(CF)Cn1cnc2c(N=[N+]=[N-])nc(N)nc21)C(C)C. The van der Waals surface area contributed by atoms with E-state index in [0.717, 1.165) is 0 Å². The summed E-state index contributed by atoms with van der Waals surface area (Å²) in [5.74, 6) is 0.0112. The van der Waals surface area contributed by atoms with E-state index in [1.807, 2.05) is 0 Å². The number of rotatable bonds is 9. The fraction of sp³-hybridized carbons (Fsp3) is 0.667. The Kier molecular flexibility index (Phi) is 7.08. The third kappa shape index (κ3) is 4.78. The summed E-state index contributed by atoms with van der Waals surface area (Å²) < 4.78 is 21.0. The second-order valence-corrected chi connectivity index (χ2v) is 9.79. The Hall–Kier alpha value is -2.02. The van der Waals surface area contributed by atoms with Gasteiger partial charge in [0, 0.05) is 4.91 Å². The fourth-order valence-electron chi connectivity index (χ4n) is 2.64. The third-order valence-electron chi connectivity index (χ3n) is 3.96. The van der Waals surface area contributed by atoms with Crippen LogP contribution in [-0.4, -0.2) is 50.0 Å². The van der Waals surface area contributed by atoms with Gasteiger partial charge in [-0.1, -0.05) is 35.6 Å². The molecule has 26 heavy (non-hydrogen) atoms. The molecular formula is C15H24FN8OP. The predicted molar refractivity (Wildman–Crippen MR) is 101 cm³/mol. The van der Waals surface area contributed by atoms with Crippen molar-refractivity contribution in [1.29, 1.82) is 0 Å². The molecule has 0 aliphatic heterocycles. The highest BCUT2D eigenvalue weighted by Crippen LogP contribution is 2.46. The van der Waals surface area contributed by atoms with Gasteiger partial charge >= 0.3 is 0 Å². The molecule has 2 N–H and O–H groups in total. The molecule has 0 fully saturated rings. The van der Waals surface area contributed by atoms with Crippen LogP contribution in [0, 0.1) is 0 Å². The largest absolute Gasteiger partial charge is 0.369 e. The first-order chi connectivity index (χ1) is 12.4. The van der Waals surface area contributed by atoms with Crippen LogP contribution < -0.4 is 5.73 Å². The van der Waals surface area contributed by atoms with Crippen LogP contribution in [0.1, 0.15) is 27.7 Å². The molecule has 1 unspecified atom stereocenters. The maximum Gasteiger partial charge on any atom is 0.222 e. The van der Waals surface area contributed by atoms with Gasteiger partial charge in [0.2, 0.25) is 5.95 Å². The molecule has 0 bridgehead atoms. The third-order valence-corrected chi connectivity index (χ3v) is 7.06. The molecule has 2 aromatic heterocycles. The van der Waals surface area contributed by atoms with Crippen molar-refractivity contribution in [2.24, 2.45) is 5.11 Å². The van der Waals surface area contributed by atoms with E-state index in [-0.39, 0.29) is 26.2 Å². The lowest BCUT2D eigenvalue weighted by atomic mass is 10.4. The quantitative estimate of drug-likeness (QED) is 0.304. The van der Waals surface area contributed by atoms with Crippen molar-refractivity contribution in [3.8, 4) is 0 Å². The van der Waals surface area contributed by atoms with Gasteiger partial charge in [-0.05, 0) is 22.0 Å². The summed E-state index contributed by atoms with van der Waals surface area (Å²) in [6.07, 6.45) is 1.43. The molecule has 0 saturated heterocycles. The molecule has 11 heteroatoms. The highest BCUT2D eigenvalue weighted by molar-refractivity contribution is 7.58. The van der Waals surface area contributed by atoms with Crippen LogP contribution in [0.3, 0.4) is 0 Å². The van der Waals surface area contributed by atoms with Crippen molar-refractivity contribution < 1.29 is 9.13 Å². The lowest BCUT2D eigenvalue weighted by molar-refractivity contribution is 0.0537. The molecular weight excluding hydrogens is 358 g/mol. The number of imidazole rings is 1. The van der Waals surface area contributed by atoms with Gasteiger partial charge in [-0.25, -0.2) is 14.4 Å². The molecule has 2 aromatic rings. The van der Waals surface area contributed by atoms with E-state index in [1.165, 1.54) is 6.33 Å². The zero-order valence-corrected chi connectivity index (χ0v) is 16.3. The molecule has 0 spiro atoms. The first kappa shape index (κ1) is 20.3. The highest BCUT2D eigenvalue weighted by Gasteiger charge is 2.21. The Morgan fingerprint density at radius 2 is 2.04 bits per heavy atom. The Labute approximate surface area is 152 Å². The van der Waals surface area contributed by atoms with Crippen LogP contribution in [0.25, 0.3) is 21.6 Å². The minimum absolute atomic E-state index is 0.0393. The van der Waals surface area contributed by atoms with Crippen LogP contribution >= 0.6 is 7.92 Å². The first-order valence-electron chi connectivity index (χ1n) is 8.34. The molecule has 2 heterocycles. The standard InChI is InChI=1S/C15H24FN8OP/c1-9(2)26(10(3)4)8-25-11(5-16)6-24-7-19-12-13(22-23-18)20-15(17)21-14(12)24/h7,9-11H,5-6,8H2,1-4H3,(H2,17,20,21). The van der Waals surface area contributed by atoms with Crippen LogP contribution in [-0.2, 0) is 11.3 Å². The Bertz CT molecular complexity index is 781. The van der Waals surface area contributed by atoms with E-state index >= 15 is 0 Å². The number of aromatic nitrogens is 4. The highest BCUT2D eigenvalue weighted by atomic mass is 31.1. The molecule has 0 amide bonds. The predicted octanol–water partition coefficient (Wildman–Crippen LogP) is 3.96. The molecule has 0 saturated carbocycles. The number of fused-ring (bicyclic) bond motifs is 1. The molecule has 0 radical (unpaired) electrons. The van der Waals surface area contributed by atoms with Crippen molar-refractivity contribution in [3.05, 3.63) is 16.8 Å². The van der Waals surface area contributed by atoms with Crippen molar-refractivity contribution in [1.82, 2.24) is 19.5 Å². The number of azide groups is 1. The molecule has 0 aromatic carbocycles. The topological polar surface area (TPSA) is 128 Å². The van der Waals surface area contributed by atoms with Gasteiger partial charge in [0.1, 0.15) is 18.3 Å². The number of hydrogen-bond acceptors (Lipinski definition) is 6. The number of halogens is 1. The number of alkyl halides is 1. The molecule has 142 valence electrons. The number of nitrogens with zero attached hydrogens (tertiary/aromatic N) is 7. The molecule has 0 aliphatic carbocycles. The van der Waals surface area contributed by atoms with E-state index < -0.39 is 12.8 Å². The molecule has 1 atom stereocenters. The summed E-state index contributed by atoms with van der Waals surface area (Å²) in [6, 6.07) is 0. The lowest BCUT2D eigenvalue weighted by Crippen LogP contribution is -2.24. The molecule has 9 nitrogen and oxygen atoms in total. The summed E-state index contributed by atoms with van der Waals surface area (Å²) in [5.41, 5.74) is 16.0. The maximum atomic E-state index is 13.5. The van der Waals surface area contributed by atoms with Gasteiger partial charge in [0.05, 0.1) is 19.2 Å². The van der Waals surface area contributed by atoms with Crippen molar-refractivity contribution in [2.45, 2.75) is 51.7 Å². The number of ether oxygens (including phenoxy) is 1. The molecule has 0 aliphatic rings. The van der Waals surface area contributed by atoms with Crippen LogP contribution in [0.15, 0.2) is 11.4 Å². The monoisotopic (exact) mass is 382 g/mol. The van der Waals surface area contributed by atoms with Crippen LogP contribution in [0.4, 0.5) is 16.2 Å².